The average molecular weight is 385 g/mol. The highest BCUT2D eigenvalue weighted by Gasteiger charge is 2.67. The Morgan fingerprint density at radius 3 is 2.17 bits per heavy atom. The van der Waals surface area contributed by atoms with Gasteiger partial charge in [0.2, 0.25) is 11.8 Å². The molecule has 2 aromatic carbocycles. The molecule has 0 N–H and O–H groups in total. The van der Waals surface area contributed by atoms with Gasteiger partial charge in [0.05, 0.1) is 23.1 Å². The van der Waals surface area contributed by atoms with Gasteiger partial charge in [-0.3, -0.25) is 9.59 Å². The Balaban J connectivity index is 1.29. The number of ether oxygens (including phenoxy) is 1. The molecule has 2 amide bonds. The van der Waals surface area contributed by atoms with E-state index in [1.807, 2.05) is 6.07 Å². The summed E-state index contributed by atoms with van der Waals surface area (Å²) in [5.74, 6) is 0.655. The van der Waals surface area contributed by atoms with Gasteiger partial charge in [0.15, 0.2) is 0 Å². The second-order valence-corrected chi connectivity index (χ2v) is 8.42. The molecule has 5 aliphatic rings. The third-order valence-electron chi connectivity index (χ3n) is 6.96. The lowest BCUT2D eigenvalue weighted by molar-refractivity contribution is -0.124. The molecule has 2 aromatic rings. The number of hydrogen-bond donors (Lipinski definition) is 0. The summed E-state index contributed by atoms with van der Waals surface area (Å²) in [6.45, 7) is 0. The molecule has 6 atom stereocenters. The highest BCUT2D eigenvalue weighted by Crippen LogP contribution is 2.65. The predicted octanol–water partition coefficient (Wildman–Crippen LogP) is 3.46. The van der Waals surface area contributed by atoms with E-state index in [1.54, 1.807) is 48.5 Å². The van der Waals surface area contributed by atoms with E-state index in [1.165, 1.54) is 4.90 Å². The number of rotatable bonds is 3. The highest BCUT2D eigenvalue weighted by atomic mass is 16.5. The molecule has 4 aliphatic carbocycles. The standard InChI is InChI=1S/C24H19NO4/c26-22-20-16-9-10-17(19-12-18(16)19)21(20)23(27)25(22)14-7-4-8-15(11-14)29-24(28)13-5-2-1-3-6-13/h1-11,16-21H,12H2/t16-,17-,18-,19+,20+,21+/m0/s1. The SMILES string of the molecule is O=C(Oc1cccc(N2C(=O)[C@@H]3[C@H]4C=C[C@@H]([C@@H]5C[C@H]45)[C@H]3C2=O)c1)c1ccccc1. The third kappa shape index (κ3) is 2.36. The van der Waals surface area contributed by atoms with Crippen molar-refractivity contribution in [2.45, 2.75) is 6.42 Å². The number of nitrogens with zero attached hydrogens (tertiary/aromatic N) is 1. The normalized spacial score (nSPS) is 33.4. The zero-order valence-corrected chi connectivity index (χ0v) is 15.6. The van der Waals surface area contributed by atoms with Crippen molar-refractivity contribution >= 4 is 23.5 Å². The molecule has 0 spiro atoms. The van der Waals surface area contributed by atoms with Crippen LogP contribution in [0.3, 0.4) is 0 Å². The van der Waals surface area contributed by atoms with Crippen LogP contribution in [0.2, 0.25) is 0 Å². The van der Waals surface area contributed by atoms with E-state index >= 15 is 0 Å². The lowest BCUT2D eigenvalue weighted by atomic mass is 9.63. The number of carbonyl (C=O) groups excluding carboxylic acids is 3. The molecule has 0 aromatic heterocycles. The van der Waals surface area contributed by atoms with Crippen molar-refractivity contribution < 1.29 is 19.1 Å². The zero-order chi connectivity index (χ0) is 19.7. The monoisotopic (exact) mass is 385 g/mol. The molecular weight excluding hydrogens is 366 g/mol. The lowest BCUT2D eigenvalue weighted by Gasteiger charge is -2.37. The first-order valence-corrected chi connectivity index (χ1v) is 10.1. The lowest BCUT2D eigenvalue weighted by Crippen LogP contribution is -2.40. The molecule has 1 aliphatic heterocycles. The van der Waals surface area contributed by atoms with Crippen molar-refractivity contribution in [1.29, 1.82) is 0 Å². The van der Waals surface area contributed by atoms with E-state index in [0.717, 1.165) is 6.42 Å². The first-order chi connectivity index (χ1) is 14.1. The van der Waals surface area contributed by atoms with Crippen LogP contribution in [0.15, 0.2) is 66.7 Å². The molecule has 3 fully saturated rings. The third-order valence-corrected chi connectivity index (χ3v) is 6.96. The van der Waals surface area contributed by atoms with Gasteiger partial charge in [-0.2, -0.15) is 0 Å². The topological polar surface area (TPSA) is 63.7 Å². The molecule has 1 saturated heterocycles. The number of anilines is 1. The van der Waals surface area contributed by atoms with Crippen LogP contribution in [-0.4, -0.2) is 17.8 Å². The van der Waals surface area contributed by atoms with Crippen molar-refractivity contribution in [2.75, 3.05) is 4.90 Å². The molecule has 1 heterocycles. The Morgan fingerprint density at radius 1 is 0.862 bits per heavy atom. The maximum atomic E-state index is 13.2. The summed E-state index contributed by atoms with van der Waals surface area (Å²) < 4.78 is 5.47. The van der Waals surface area contributed by atoms with Crippen molar-refractivity contribution in [3.63, 3.8) is 0 Å². The fourth-order valence-electron chi connectivity index (χ4n) is 5.64. The number of carbonyl (C=O) groups is 3. The van der Waals surface area contributed by atoms with Crippen molar-refractivity contribution in [2.24, 2.45) is 35.5 Å². The number of benzene rings is 2. The summed E-state index contributed by atoms with van der Waals surface area (Å²) in [7, 11) is 0. The maximum Gasteiger partial charge on any atom is 0.343 e. The van der Waals surface area contributed by atoms with Gasteiger partial charge in [-0.1, -0.05) is 36.4 Å². The van der Waals surface area contributed by atoms with Crippen LogP contribution in [0.25, 0.3) is 0 Å². The van der Waals surface area contributed by atoms with E-state index in [0.29, 0.717) is 28.8 Å². The fraction of sp³-hybridized carbons (Fsp3) is 0.292. The van der Waals surface area contributed by atoms with E-state index in [9.17, 15) is 14.4 Å². The Kier molecular flexibility index (Phi) is 3.40. The summed E-state index contributed by atoms with van der Waals surface area (Å²) in [6.07, 6.45) is 5.46. The van der Waals surface area contributed by atoms with Gasteiger partial charge >= 0.3 is 5.97 Å². The molecule has 7 rings (SSSR count). The number of hydrogen-bond acceptors (Lipinski definition) is 4. The van der Waals surface area contributed by atoms with E-state index in [4.69, 9.17) is 4.74 Å². The summed E-state index contributed by atoms with van der Waals surface area (Å²) in [5, 5.41) is 0. The molecule has 144 valence electrons. The summed E-state index contributed by atoms with van der Waals surface area (Å²) in [6, 6.07) is 15.4. The quantitative estimate of drug-likeness (QED) is 0.351. The van der Waals surface area contributed by atoms with Crippen LogP contribution in [0.5, 0.6) is 5.75 Å². The van der Waals surface area contributed by atoms with Gasteiger partial charge in [0, 0.05) is 6.07 Å². The summed E-state index contributed by atoms with van der Waals surface area (Å²) in [5.41, 5.74) is 0.917. The Hall–Kier alpha value is -3.21. The van der Waals surface area contributed by atoms with Crippen LogP contribution in [0.4, 0.5) is 5.69 Å². The molecule has 2 bridgehead atoms. The molecule has 0 unspecified atom stereocenters. The van der Waals surface area contributed by atoms with Crippen LogP contribution in [-0.2, 0) is 9.59 Å². The minimum Gasteiger partial charge on any atom is -0.423 e. The molecule has 2 saturated carbocycles. The Morgan fingerprint density at radius 2 is 1.52 bits per heavy atom. The zero-order valence-electron chi connectivity index (χ0n) is 15.6. The number of imide groups is 1. The second kappa shape index (κ2) is 5.89. The van der Waals surface area contributed by atoms with Gasteiger partial charge in [-0.15, -0.1) is 0 Å². The maximum absolute atomic E-state index is 13.2. The minimum atomic E-state index is -0.474. The molecule has 29 heavy (non-hydrogen) atoms. The molecule has 0 radical (unpaired) electrons. The largest absolute Gasteiger partial charge is 0.423 e. The Labute approximate surface area is 168 Å². The van der Waals surface area contributed by atoms with Gasteiger partial charge in [-0.05, 0) is 54.4 Å². The summed E-state index contributed by atoms with van der Waals surface area (Å²) >= 11 is 0. The minimum absolute atomic E-state index is 0.115. The van der Waals surface area contributed by atoms with Crippen LogP contribution < -0.4 is 9.64 Å². The van der Waals surface area contributed by atoms with Gasteiger partial charge in [0.25, 0.3) is 0 Å². The van der Waals surface area contributed by atoms with Crippen molar-refractivity contribution in [3.05, 3.63) is 72.3 Å². The van der Waals surface area contributed by atoms with Gasteiger partial charge < -0.3 is 4.74 Å². The van der Waals surface area contributed by atoms with E-state index in [2.05, 4.69) is 12.2 Å². The molecule has 5 heteroatoms. The first-order valence-electron chi connectivity index (χ1n) is 10.1. The Bertz CT molecular complexity index is 1040. The average Bonchev–Trinajstić information content (AvgIpc) is 3.52. The summed E-state index contributed by atoms with van der Waals surface area (Å²) in [4.78, 5) is 40.1. The van der Waals surface area contributed by atoms with E-state index in [-0.39, 0.29) is 35.5 Å². The second-order valence-electron chi connectivity index (χ2n) is 8.42. The fourth-order valence-corrected chi connectivity index (χ4v) is 5.64. The molecular formula is C24H19NO4. The van der Waals surface area contributed by atoms with Gasteiger partial charge in [0.1, 0.15) is 5.75 Å². The van der Waals surface area contributed by atoms with Gasteiger partial charge in [-0.25, -0.2) is 9.69 Å². The number of allylic oxidation sites excluding steroid dienone is 2. The predicted molar refractivity (Wildman–Crippen MR) is 105 cm³/mol. The number of esters is 1. The number of amides is 2. The molecule has 5 nitrogen and oxygen atoms in total. The smallest absolute Gasteiger partial charge is 0.343 e. The van der Waals surface area contributed by atoms with Crippen LogP contribution in [0, 0.1) is 35.5 Å². The van der Waals surface area contributed by atoms with Crippen molar-refractivity contribution in [1.82, 2.24) is 0 Å². The van der Waals surface area contributed by atoms with E-state index < -0.39 is 5.97 Å². The first kappa shape index (κ1) is 16.7. The van der Waals surface area contributed by atoms with Crippen molar-refractivity contribution in [3.8, 4) is 5.75 Å². The van der Waals surface area contributed by atoms with Crippen LogP contribution in [0.1, 0.15) is 16.8 Å². The highest BCUT2D eigenvalue weighted by molar-refractivity contribution is 6.22. The van der Waals surface area contributed by atoms with Crippen LogP contribution >= 0.6 is 0 Å².